The number of ketones is 3. The van der Waals surface area contributed by atoms with Gasteiger partial charge in [0, 0.05) is 5.56 Å². The first-order valence-electron chi connectivity index (χ1n) is 6.00. The van der Waals surface area contributed by atoms with E-state index in [0.29, 0.717) is 5.56 Å². The van der Waals surface area contributed by atoms with Gasteiger partial charge in [-0.2, -0.15) is 0 Å². The first-order chi connectivity index (χ1) is 9.43. The molecule has 5 nitrogen and oxygen atoms in total. The van der Waals surface area contributed by atoms with E-state index in [4.69, 9.17) is 4.74 Å². The summed E-state index contributed by atoms with van der Waals surface area (Å²) in [6.07, 6.45) is 0. The second-order valence-electron chi connectivity index (χ2n) is 4.46. The van der Waals surface area contributed by atoms with Crippen molar-refractivity contribution in [1.29, 1.82) is 0 Å². The quantitative estimate of drug-likeness (QED) is 0.360. The molecule has 102 valence electrons. The van der Waals surface area contributed by atoms with Crippen molar-refractivity contribution in [1.82, 2.24) is 0 Å². The molecular formula is C15H12O5. The molecule has 1 aromatic carbocycles. The molecule has 0 fully saturated rings. The molecule has 1 unspecified atom stereocenters. The Kier molecular flexibility index (Phi) is 3.61. The lowest BCUT2D eigenvalue weighted by molar-refractivity contribution is -0.152. The van der Waals surface area contributed by atoms with Gasteiger partial charge in [-0.15, -0.1) is 0 Å². The fourth-order valence-electron chi connectivity index (χ4n) is 2.04. The molecule has 1 aliphatic heterocycles. The van der Waals surface area contributed by atoms with E-state index in [9.17, 15) is 19.2 Å². The largest absolute Gasteiger partial charge is 0.430 e. The van der Waals surface area contributed by atoms with Gasteiger partial charge < -0.3 is 4.74 Å². The Morgan fingerprint density at radius 2 is 1.70 bits per heavy atom. The van der Waals surface area contributed by atoms with Crippen LogP contribution in [0, 0.1) is 5.92 Å². The molecule has 0 amide bonds. The smallest absolute Gasteiger partial charge is 0.329 e. The van der Waals surface area contributed by atoms with E-state index < -0.39 is 29.2 Å². The summed E-state index contributed by atoms with van der Waals surface area (Å²) in [5, 5.41) is 0. The number of benzene rings is 1. The molecule has 0 aliphatic carbocycles. The normalized spacial score (nSPS) is 18.8. The predicted molar refractivity (Wildman–Crippen MR) is 68.7 cm³/mol. The van der Waals surface area contributed by atoms with E-state index >= 15 is 0 Å². The lowest BCUT2D eigenvalue weighted by atomic mass is 9.87. The molecule has 0 radical (unpaired) electrons. The summed E-state index contributed by atoms with van der Waals surface area (Å²) in [6.45, 7) is 2.48. The van der Waals surface area contributed by atoms with Crippen LogP contribution in [0.15, 0.2) is 41.7 Å². The fourth-order valence-corrected chi connectivity index (χ4v) is 2.04. The number of allylic oxidation sites excluding steroid dienone is 2. The fraction of sp³-hybridized carbons (Fsp3) is 0.200. The van der Waals surface area contributed by atoms with Gasteiger partial charge in [0.05, 0.1) is 0 Å². The summed E-state index contributed by atoms with van der Waals surface area (Å²) in [5.74, 6) is -4.50. The van der Waals surface area contributed by atoms with Crippen LogP contribution in [0.25, 0.3) is 0 Å². The Hall–Kier alpha value is -2.56. The summed E-state index contributed by atoms with van der Waals surface area (Å²) in [4.78, 5) is 47.4. The van der Waals surface area contributed by atoms with Crippen molar-refractivity contribution in [2.45, 2.75) is 13.8 Å². The first-order valence-corrected chi connectivity index (χ1v) is 6.00. The highest BCUT2D eigenvalue weighted by atomic mass is 16.5. The summed E-state index contributed by atoms with van der Waals surface area (Å²) in [6, 6.07) is 8.15. The minimum Gasteiger partial charge on any atom is -0.430 e. The van der Waals surface area contributed by atoms with Crippen molar-refractivity contribution in [3.05, 3.63) is 47.2 Å². The van der Waals surface area contributed by atoms with Crippen LogP contribution in [0.5, 0.6) is 0 Å². The Balaban J connectivity index is 2.47. The molecular weight excluding hydrogens is 260 g/mol. The number of hydrogen-bond acceptors (Lipinski definition) is 5. The van der Waals surface area contributed by atoms with Crippen LogP contribution in [-0.4, -0.2) is 23.3 Å². The lowest BCUT2D eigenvalue weighted by Gasteiger charge is -2.21. The van der Waals surface area contributed by atoms with Crippen LogP contribution in [0.4, 0.5) is 0 Å². The molecule has 1 aliphatic rings. The Labute approximate surface area is 115 Å². The van der Waals surface area contributed by atoms with Gasteiger partial charge in [-0.1, -0.05) is 30.3 Å². The van der Waals surface area contributed by atoms with Crippen LogP contribution in [0.1, 0.15) is 24.2 Å². The predicted octanol–water partition coefficient (Wildman–Crippen LogP) is 1.47. The minimum absolute atomic E-state index is 0.0636. The zero-order chi connectivity index (χ0) is 14.9. The molecule has 0 saturated heterocycles. The Morgan fingerprint density at radius 3 is 2.25 bits per heavy atom. The number of carbonyl (C=O) groups is 4. The van der Waals surface area contributed by atoms with E-state index in [1.807, 2.05) is 0 Å². The number of esters is 1. The van der Waals surface area contributed by atoms with E-state index in [0.717, 1.165) is 6.92 Å². The van der Waals surface area contributed by atoms with Crippen LogP contribution in [-0.2, 0) is 19.1 Å². The zero-order valence-corrected chi connectivity index (χ0v) is 11.0. The number of hydrogen-bond donors (Lipinski definition) is 0. The van der Waals surface area contributed by atoms with E-state index in [1.54, 1.807) is 30.3 Å². The number of rotatable bonds is 3. The standard InChI is InChI=1S/C15H12O5/c1-8(16)11-14(18)12(9(2)20-15(11)19)13(17)10-6-4-3-5-7-10/h3-7,11H,1-2H3. The van der Waals surface area contributed by atoms with Crippen LogP contribution >= 0.6 is 0 Å². The van der Waals surface area contributed by atoms with Crippen molar-refractivity contribution in [2.24, 2.45) is 5.92 Å². The maximum atomic E-state index is 12.3. The van der Waals surface area contributed by atoms with E-state index in [2.05, 4.69) is 0 Å². The van der Waals surface area contributed by atoms with E-state index in [-0.39, 0.29) is 11.3 Å². The molecule has 0 aromatic heterocycles. The Morgan fingerprint density at radius 1 is 1.10 bits per heavy atom. The van der Waals surface area contributed by atoms with Gasteiger partial charge in [0.15, 0.2) is 23.3 Å². The van der Waals surface area contributed by atoms with Gasteiger partial charge in [0.25, 0.3) is 0 Å². The maximum Gasteiger partial charge on any atom is 0.329 e. The number of ether oxygens (including phenoxy) is 1. The average Bonchev–Trinajstić information content (AvgIpc) is 2.38. The van der Waals surface area contributed by atoms with Gasteiger partial charge in [-0.05, 0) is 13.8 Å². The van der Waals surface area contributed by atoms with Crippen molar-refractivity contribution < 1.29 is 23.9 Å². The first kappa shape index (κ1) is 13.9. The highest BCUT2D eigenvalue weighted by molar-refractivity contribution is 6.35. The Bertz CT molecular complexity index is 639. The SMILES string of the molecule is CC(=O)C1C(=O)OC(C)=C(C(=O)c2ccccc2)C1=O. The van der Waals surface area contributed by atoms with Gasteiger partial charge in [-0.3, -0.25) is 19.2 Å². The lowest BCUT2D eigenvalue weighted by Crippen LogP contribution is -2.39. The average molecular weight is 272 g/mol. The summed E-state index contributed by atoms with van der Waals surface area (Å²) in [5.41, 5.74) is 0.0615. The van der Waals surface area contributed by atoms with Gasteiger partial charge in [-0.25, -0.2) is 0 Å². The highest BCUT2D eigenvalue weighted by Gasteiger charge is 2.42. The molecule has 0 bridgehead atoms. The summed E-state index contributed by atoms with van der Waals surface area (Å²) in [7, 11) is 0. The highest BCUT2D eigenvalue weighted by Crippen LogP contribution is 2.25. The van der Waals surface area contributed by atoms with Crippen molar-refractivity contribution in [2.75, 3.05) is 0 Å². The summed E-state index contributed by atoms with van der Waals surface area (Å²) >= 11 is 0. The third kappa shape index (κ3) is 2.30. The molecule has 1 aromatic rings. The monoisotopic (exact) mass is 272 g/mol. The molecule has 0 spiro atoms. The molecule has 0 saturated carbocycles. The third-order valence-electron chi connectivity index (χ3n) is 3.02. The van der Waals surface area contributed by atoms with Gasteiger partial charge in [0.1, 0.15) is 11.3 Å². The molecule has 0 N–H and O–H groups in total. The van der Waals surface area contributed by atoms with Crippen molar-refractivity contribution in [3.8, 4) is 0 Å². The van der Waals surface area contributed by atoms with Crippen LogP contribution in [0.3, 0.4) is 0 Å². The topological polar surface area (TPSA) is 77.5 Å². The summed E-state index contributed by atoms with van der Waals surface area (Å²) < 4.78 is 4.86. The second-order valence-corrected chi connectivity index (χ2v) is 4.46. The van der Waals surface area contributed by atoms with E-state index in [1.165, 1.54) is 6.92 Å². The number of carbonyl (C=O) groups excluding carboxylic acids is 4. The van der Waals surface area contributed by atoms with Gasteiger partial charge >= 0.3 is 5.97 Å². The molecule has 2 rings (SSSR count). The zero-order valence-electron chi connectivity index (χ0n) is 11.0. The van der Waals surface area contributed by atoms with Crippen LogP contribution < -0.4 is 0 Å². The molecule has 1 heterocycles. The molecule has 5 heteroatoms. The minimum atomic E-state index is -1.54. The second kappa shape index (κ2) is 5.21. The third-order valence-corrected chi connectivity index (χ3v) is 3.02. The number of Topliss-reactive ketones (excluding diaryl/α,β-unsaturated/α-hetero) is 3. The molecule has 1 atom stereocenters. The number of cyclic esters (lactones) is 1. The van der Waals surface area contributed by atoms with Crippen molar-refractivity contribution in [3.63, 3.8) is 0 Å². The molecule has 20 heavy (non-hydrogen) atoms. The van der Waals surface area contributed by atoms with Crippen LogP contribution in [0.2, 0.25) is 0 Å². The van der Waals surface area contributed by atoms with Gasteiger partial charge in [0.2, 0.25) is 0 Å². The maximum absolute atomic E-state index is 12.3. The van der Waals surface area contributed by atoms with Crippen molar-refractivity contribution >= 4 is 23.3 Å².